The number of hydrogen-bond donors (Lipinski definition) is 2. The van der Waals surface area contributed by atoms with Gasteiger partial charge in [-0.15, -0.1) is 0 Å². The molecule has 0 aromatic heterocycles. The molecule has 136 valence electrons. The van der Waals surface area contributed by atoms with Crippen LogP contribution in [0.1, 0.15) is 48.0 Å². The van der Waals surface area contributed by atoms with E-state index < -0.39 is 26.5 Å². The van der Waals surface area contributed by atoms with E-state index in [9.17, 15) is 15.0 Å². The first-order valence-electron chi connectivity index (χ1n) is 8.21. The van der Waals surface area contributed by atoms with Gasteiger partial charge in [0.2, 0.25) is 0 Å². The van der Waals surface area contributed by atoms with Crippen LogP contribution in [0.2, 0.25) is 18.1 Å². The lowest BCUT2D eigenvalue weighted by molar-refractivity contribution is -0.138. The van der Waals surface area contributed by atoms with Crippen molar-refractivity contribution in [1.29, 1.82) is 0 Å². The molecule has 0 aliphatic rings. The zero-order valence-electron chi connectivity index (χ0n) is 15.8. The summed E-state index contributed by atoms with van der Waals surface area (Å²) < 4.78 is 11.0. The Kier molecular flexibility index (Phi) is 8.69. The van der Waals surface area contributed by atoms with Crippen molar-refractivity contribution in [1.82, 2.24) is 0 Å². The molecule has 3 unspecified atom stereocenters. The van der Waals surface area contributed by atoms with E-state index in [4.69, 9.17) is 9.16 Å². The van der Waals surface area contributed by atoms with Crippen LogP contribution in [-0.4, -0.2) is 49.4 Å². The maximum atomic E-state index is 11.5. The fourth-order valence-corrected chi connectivity index (χ4v) is 3.34. The average molecular weight is 347 g/mol. The van der Waals surface area contributed by atoms with Crippen molar-refractivity contribution >= 4 is 14.3 Å². The molecule has 0 bridgehead atoms. The topological polar surface area (TPSA) is 76.0 Å². The summed E-state index contributed by atoms with van der Waals surface area (Å²) >= 11 is 0. The number of rotatable bonds is 8. The van der Waals surface area contributed by atoms with Crippen molar-refractivity contribution in [2.24, 2.45) is 0 Å². The second kappa shape index (κ2) is 8.96. The highest BCUT2D eigenvalue weighted by molar-refractivity contribution is 6.74. The van der Waals surface area contributed by atoms with Gasteiger partial charge in [0.05, 0.1) is 18.8 Å². The van der Waals surface area contributed by atoms with Gasteiger partial charge >= 0.3 is 5.97 Å². The van der Waals surface area contributed by atoms with Crippen LogP contribution >= 0.6 is 0 Å². The maximum Gasteiger partial charge on any atom is 0.333 e. The molecule has 0 amide bonds. The van der Waals surface area contributed by atoms with E-state index in [0.717, 1.165) is 0 Å². The van der Waals surface area contributed by atoms with Crippen LogP contribution in [0.5, 0.6) is 0 Å². The van der Waals surface area contributed by atoms with E-state index >= 15 is 0 Å². The van der Waals surface area contributed by atoms with Gasteiger partial charge in [-0.2, -0.15) is 0 Å². The normalized spacial score (nSPS) is 17.6. The summed E-state index contributed by atoms with van der Waals surface area (Å²) in [5.41, 5.74) is 0.288. The zero-order valence-corrected chi connectivity index (χ0v) is 16.8. The minimum atomic E-state index is -1.91. The molecule has 0 rings (SSSR count). The highest BCUT2D eigenvalue weighted by Crippen LogP contribution is 2.37. The third-order valence-electron chi connectivity index (χ3n) is 4.29. The molecule has 3 atom stereocenters. The molecule has 0 fully saturated rings. The van der Waals surface area contributed by atoms with Crippen molar-refractivity contribution in [3.05, 3.63) is 11.6 Å². The monoisotopic (exact) mass is 346 g/mol. The molecule has 0 aliphatic carbocycles. The highest BCUT2D eigenvalue weighted by Gasteiger charge is 2.38. The van der Waals surface area contributed by atoms with E-state index in [1.54, 1.807) is 13.8 Å². The number of ether oxygens (including phenoxy) is 1. The largest absolute Gasteiger partial charge is 0.463 e. The number of carbonyl (C=O) groups excluding carboxylic acids is 1. The summed E-state index contributed by atoms with van der Waals surface area (Å²) in [4.78, 5) is 11.5. The summed E-state index contributed by atoms with van der Waals surface area (Å²) in [5, 5.41) is 20.3. The molecule has 23 heavy (non-hydrogen) atoms. The summed E-state index contributed by atoms with van der Waals surface area (Å²) in [6, 6.07) is 0. The molecule has 0 heterocycles. The van der Waals surface area contributed by atoms with E-state index in [2.05, 4.69) is 33.9 Å². The van der Waals surface area contributed by atoms with Crippen LogP contribution in [-0.2, 0) is 14.0 Å². The van der Waals surface area contributed by atoms with Crippen molar-refractivity contribution in [2.75, 3.05) is 6.61 Å². The minimum absolute atomic E-state index is 0.0885. The first-order chi connectivity index (χ1) is 10.3. The molecule has 0 saturated heterocycles. The van der Waals surface area contributed by atoms with Crippen molar-refractivity contribution in [3.8, 4) is 0 Å². The molecule has 0 saturated carbocycles. The Bertz CT molecular complexity index is 412. The van der Waals surface area contributed by atoms with Gasteiger partial charge in [-0.05, 0) is 45.0 Å². The molecule has 5 nitrogen and oxygen atoms in total. The maximum absolute atomic E-state index is 11.5. The molecular weight excluding hydrogens is 312 g/mol. The lowest BCUT2D eigenvalue weighted by Gasteiger charge is -2.39. The third-order valence-corrected chi connectivity index (χ3v) is 8.89. The van der Waals surface area contributed by atoms with E-state index in [0.29, 0.717) is 6.42 Å². The summed E-state index contributed by atoms with van der Waals surface area (Å²) in [6.45, 7) is 16.2. The van der Waals surface area contributed by atoms with Crippen molar-refractivity contribution < 1.29 is 24.2 Å². The quantitative estimate of drug-likeness (QED) is 0.401. The smallest absolute Gasteiger partial charge is 0.333 e. The van der Waals surface area contributed by atoms with Gasteiger partial charge < -0.3 is 19.4 Å². The van der Waals surface area contributed by atoms with Gasteiger partial charge in [-0.25, -0.2) is 4.79 Å². The molecule has 0 aromatic rings. The van der Waals surface area contributed by atoms with Gasteiger partial charge in [0, 0.05) is 18.1 Å². The summed E-state index contributed by atoms with van der Waals surface area (Å²) in [5.74, 6) is -0.482. The first-order valence-corrected chi connectivity index (χ1v) is 11.1. The van der Waals surface area contributed by atoms with E-state index in [-0.39, 0.29) is 23.3 Å². The van der Waals surface area contributed by atoms with Crippen LogP contribution in [0, 0.1) is 0 Å². The van der Waals surface area contributed by atoms with Gasteiger partial charge in [0.15, 0.2) is 8.32 Å². The van der Waals surface area contributed by atoms with Gasteiger partial charge in [0.1, 0.15) is 0 Å². The molecule has 6 heteroatoms. The number of aliphatic hydroxyl groups excluding tert-OH is 2. The van der Waals surface area contributed by atoms with Crippen molar-refractivity contribution in [2.45, 2.75) is 84.4 Å². The zero-order chi connectivity index (χ0) is 18.4. The standard InChI is InChI=1S/C17H34O5Si/c1-9-21-16(20)12(2)10-14(18)15(19)11-13(3)22-23(7,8)17(4,5)6/h10,13-15,18-19H,9,11H2,1-8H3. The van der Waals surface area contributed by atoms with Gasteiger partial charge in [0.25, 0.3) is 0 Å². The minimum Gasteiger partial charge on any atom is -0.463 e. The summed E-state index contributed by atoms with van der Waals surface area (Å²) in [6.07, 6.45) is -0.636. The third kappa shape index (κ3) is 7.61. The Labute approximate surface area is 141 Å². The molecule has 0 aromatic carbocycles. The SMILES string of the molecule is CCOC(=O)C(C)=CC(O)C(O)CC(C)O[Si](C)(C)C(C)(C)C. The lowest BCUT2D eigenvalue weighted by atomic mass is 10.1. The van der Waals surface area contributed by atoms with Crippen LogP contribution in [0.25, 0.3) is 0 Å². The van der Waals surface area contributed by atoms with Crippen molar-refractivity contribution in [3.63, 3.8) is 0 Å². The van der Waals surface area contributed by atoms with Crippen LogP contribution in [0.15, 0.2) is 11.6 Å². The molecule has 2 N–H and O–H groups in total. The Morgan fingerprint density at radius 1 is 1.26 bits per heavy atom. The molecule has 0 aliphatic heterocycles. The van der Waals surface area contributed by atoms with Crippen LogP contribution in [0.4, 0.5) is 0 Å². The van der Waals surface area contributed by atoms with Gasteiger partial charge in [-0.1, -0.05) is 20.8 Å². The highest BCUT2D eigenvalue weighted by atomic mass is 28.4. The van der Waals surface area contributed by atoms with Gasteiger partial charge in [-0.3, -0.25) is 0 Å². The summed E-state index contributed by atoms with van der Waals surface area (Å²) in [7, 11) is -1.91. The predicted molar refractivity (Wildman–Crippen MR) is 94.8 cm³/mol. The number of esters is 1. The fraction of sp³-hybridized carbons (Fsp3) is 0.824. The number of carbonyl (C=O) groups is 1. The predicted octanol–water partition coefficient (Wildman–Crippen LogP) is 3.02. The van der Waals surface area contributed by atoms with Crippen LogP contribution < -0.4 is 0 Å². The molecule has 0 radical (unpaired) electrons. The Morgan fingerprint density at radius 3 is 2.22 bits per heavy atom. The van der Waals surface area contributed by atoms with Crippen LogP contribution in [0.3, 0.4) is 0 Å². The van der Waals surface area contributed by atoms with E-state index in [1.807, 2.05) is 6.92 Å². The molecular formula is C17H34O5Si. The Balaban J connectivity index is 4.66. The fourth-order valence-electron chi connectivity index (χ4n) is 1.89. The second-order valence-electron chi connectivity index (χ2n) is 7.55. The number of hydrogen-bond acceptors (Lipinski definition) is 5. The lowest BCUT2D eigenvalue weighted by Crippen LogP contribution is -2.44. The first kappa shape index (κ1) is 22.3. The number of aliphatic hydroxyl groups is 2. The molecule has 0 spiro atoms. The Morgan fingerprint density at radius 2 is 1.78 bits per heavy atom. The van der Waals surface area contributed by atoms with E-state index in [1.165, 1.54) is 6.08 Å². The average Bonchev–Trinajstić information content (AvgIpc) is 2.36. The second-order valence-corrected chi connectivity index (χ2v) is 12.3. The Hall–Kier alpha value is -0.693.